The molecule has 0 atom stereocenters. The van der Waals surface area contributed by atoms with Crippen LogP contribution >= 0.6 is 0 Å². The van der Waals surface area contributed by atoms with Crippen molar-refractivity contribution in [3.8, 4) is 67.5 Å². The van der Waals surface area contributed by atoms with Gasteiger partial charge in [-0.25, -0.2) is 19.8 Å². The normalized spacial score (nSPS) is 12.6. The van der Waals surface area contributed by atoms with E-state index in [0.29, 0.717) is 23.2 Å². The summed E-state index contributed by atoms with van der Waals surface area (Å²) in [4.78, 5) is 18.5. The van der Waals surface area contributed by atoms with Crippen molar-refractivity contribution in [2.24, 2.45) is 0 Å². The lowest BCUT2D eigenvalue weighted by Gasteiger charge is -2.23. The maximum Gasteiger partial charge on any atom is 0.187 e. The van der Waals surface area contributed by atoms with Crippen molar-refractivity contribution in [2.75, 3.05) is 0 Å². The fraction of sp³-hybridized carbons (Fsp3) is 0.0638. The van der Waals surface area contributed by atoms with E-state index in [1.165, 1.54) is 33.4 Å². The molecule has 0 aliphatic heterocycles. The van der Waals surface area contributed by atoms with Crippen LogP contribution in [-0.4, -0.2) is 15.0 Å². The second kappa shape index (κ2) is 12.0. The van der Waals surface area contributed by atoms with Crippen molar-refractivity contribution in [3.05, 3.63) is 180 Å². The van der Waals surface area contributed by atoms with Crippen molar-refractivity contribution in [1.29, 1.82) is 0 Å². The van der Waals surface area contributed by atoms with Gasteiger partial charge in [-0.2, -0.15) is 0 Å². The Balaban J connectivity index is 1.15. The van der Waals surface area contributed by atoms with Gasteiger partial charge in [-0.3, -0.25) is 0 Å². The van der Waals surface area contributed by atoms with E-state index in [9.17, 15) is 0 Å². The molecule has 0 saturated heterocycles. The molecule has 4 heteroatoms. The van der Waals surface area contributed by atoms with Gasteiger partial charge >= 0.3 is 0 Å². The number of hydrogen-bond donors (Lipinski definition) is 0. The lowest BCUT2D eigenvalue weighted by molar-refractivity contribution is 0.661. The molecule has 240 valence electrons. The molecular formula is C47H32N4. The molecule has 51 heavy (non-hydrogen) atoms. The van der Waals surface area contributed by atoms with Gasteiger partial charge in [0.1, 0.15) is 0 Å². The Bertz CT molecular complexity index is 2600. The number of fused-ring (bicyclic) bond motifs is 4. The van der Waals surface area contributed by atoms with E-state index in [-0.39, 0.29) is 5.41 Å². The number of benzene rings is 7. The maximum absolute atomic E-state index is 7.31. The van der Waals surface area contributed by atoms with Crippen LogP contribution in [0.2, 0.25) is 0 Å². The van der Waals surface area contributed by atoms with E-state index in [2.05, 4.69) is 91.5 Å². The molecule has 0 amide bonds. The monoisotopic (exact) mass is 652 g/mol. The van der Waals surface area contributed by atoms with Crippen LogP contribution in [0.5, 0.6) is 0 Å². The molecule has 4 nitrogen and oxygen atoms in total. The van der Waals surface area contributed by atoms with Gasteiger partial charge < -0.3 is 0 Å². The molecule has 1 heterocycles. The van der Waals surface area contributed by atoms with Crippen LogP contribution in [0.15, 0.2) is 158 Å². The average Bonchev–Trinajstić information content (AvgIpc) is 3.42. The lowest BCUT2D eigenvalue weighted by atomic mass is 9.80. The number of aromatic nitrogens is 3. The highest BCUT2D eigenvalue weighted by Crippen LogP contribution is 2.51. The van der Waals surface area contributed by atoms with Crippen LogP contribution in [0.25, 0.3) is 83.2 Å². The zero-order valence-electron chi connectivity index (χ0n) is 28.3. The molecule has 8 aromatic rings. The molecule has 9 rings (SSSR count). The molecule has 0 radical (unpaired) electrons. The first-order valence-electron chi connectivity index (χ1n) is 17.1. The second-order valence-electron chi connectivity index (χ2n) is 13.5. The Morgan fingerprint density at radius 1 is 0.412 bits per heavy atom. The minimum atomic E-state index is -0.185. The third-order valence-corrected chi connectivity index (χ3v) is 10.2. The van der Waals surface area contributed by atoms with Crippen molar-refractivity contribution in [3.63, 3.8) is 0 Å². The van der Waals surface area contributed by atoms with Gasteiger partial charge in [-0.15, -0.1) is 0 Å². The summed E-state index contributed by atoms with van der Waals surface area (Å²) in [7, 11) is 0. The molecular weight excluding hydrogens is 621 g/mol. The summed E-state index contributed by atoms with van der Waals surface area (Å²) in [6.07, 6.45) is 0. The summed E-state index contributed by atoms with van der Waals surface area (Å²) < 4.78 is 0. The Kier molecular flexibility index (Phi) is 7.15. The molecule has 0 fully saturated rings. The molecule has 7 aromatic carbocycles. The summed E-state index contributed by atoms with van der Waals surface area (Å²) in [5.74, 6) is 1.95. The Hall–Kier alpha value is -6.70. The maximum atomic E-state index is 7.31. The number of hydrogen-bond acceptors (Lipinski definition) is 3. The Morgan fingerprint density at radius 2 is 0.863 bits per heavy atom. The predicted octanol–water partition coefficient (Wildman–Crippen LogP) is 12.2. The van der Waals surface area contributed by atoms with E-state index in [0.717, 1.165) is 38.6 Å². The fourth-order valence-corrected chi connectivity index (χ4v) is 7.49. The third-order valence-electron chi connectivity index (χ3n) is 10.2. The van der Waals surface area contributed by atoms with Crippen LogP contribution in [0.4, 0.5) is 5.69 Å². The summed E-state index contributed by atoms with van der Waals surface area (Å²) in [6.45, 7) is 12.0. The summed E-state index contributed by atoms with van der Waals surface area (Å²) in [5.41, 5.74) is 13.2. The van der Waals surface area contributed by atoms with Gasteiger partial charge in [0.15, 0.2) is 23.2 Å². The van der Waals surface area contributed by atoms with Gasteiger partial charge in [0.2, 0.25) is 0 Å². The van der Waals surface area contributed by atoms with E-state index in [4.69, 9.17) is 21.5 Å². The minimum absolute atomic E-state index is 0.185. The molecule has 1 aliphatic rings. The van der Waals surface area contributed by atoms with Crippen LogP contribution in [0.3, 0.4) is 0 Å². The zero-order valence-corrected chi connectivity index (χ0v) is 28.3. The molecule has 0 bridgehead atoms. The summed E-state index contributed by atoms with van der Waals surface area (Å²) in [6, 6.07) is 54.7. The molecule has 0 spiro atoms. The molecule has 0 unspecified atom stereocenters. The first-order chi connectivity index (χ1) is 25.0. The largest absolute Gasteiger partial charge is 0.238 e. The first-order valence-corrected chi connectivity index (χ1v) is 17.1. The lowest BCUT2D eigenvalue weighted by Crippen LogP contribution is -2.15. The van der Waals surface area contributed by atoms with Gasteiger partial charge in [-0.1, -0.05) is 153 Å². The fourth-order valence-electron chi connectivity index (χ4n) is 7.49. The quantitative estimate of drug-likeness (QED) is 0.174. The van der Waals surface area contributed by atoms with E-state index in [1.54, 1.807) is 0 Å². The molecule has 0 N–H and O–H groups in total. The van der Waals surface area contributed by atoms with Crippen molar-refractivity contribution < 1.29 is 0 Å². The smallest absolute Gasteiger partial charge is 0.187 e. The molecule has 1 aliphatic carbocycles. The number of nitrogens with zero attached hydrogens (tertiary/aromatic N) is 4. The van der Waals surface area contributed by atoms with Crippen LogP contribution in [0.1, 0.15) is 25.0 Å². The van der Waals surface area contributed by atoms with Gasteiger partial charge in [0.25, 0.3) is 0 Å². The topological polar surface area (TPSA) is 43.0 Å². The first kappa shape index (κ1) is 30.4. The van der Waals surface area contributed by atoms with Crippen LogP contribution < -0.4 is 0 Å². The Morgan fingerprint density at radius 3 is 1.45 bits per heavy atom. The standard InChI is InChI=1S/C47H32N4/c1-47(2)42-28-33(30-18-22-35(48-3)23-19-30)20-24-39(42)40-25-21-34(29-43(40)47)36-26-27-41(38-17-11-10-16-37(36)38)46-50-44(31-12-6-4-7-13-31)49-45(51-46)32-14-8-5-9-15-32/h4-29H,1-2H3. The highest BCUT2D eigenvalue weighted by atomic mass is 15.0. The Labute approximate surface area is 297 Å². The van der Waals surface area contributed by atoms with Crippen molar-refractivity contribution in [2.45, 2.75) is 19.3 Å². The number of rotatable bonds is 5. The van der Waals surface area contributed by atoms with Crippen molar-refractivity contribution >= 4 is 16.5 Å². The van der Waals surface area contributed by atoms with E-state index < -0.39 is 0 Å². The highest BCUT2D eigenvalue weighted by molar-refractivity contribution is 6.04. The molecule has 0 saturated carbocycles. The van der Waals surface area contributed by atoms with E-state index >= 15 is 0 Å². The van der Waals surface area contributed by atoms with Crippen molar-refractivity contribution in [1.82, 2.24) is 15.0 Å². The van der Waals surface area contributed by atoms with Gasteiger partial charge in [-0.05, 0) is 73.5 Å². The second-order valence-corrected chi connectivity index (χ2v) is 13.5. The van der Waals surface area contributed by atoms with Crippen LogP contribution in [0, 0.1) is 6.57 Å². The SMILES string of the molecule is [C-]#[N+]c1ccc(-c2ccc3c(c2)C(C)(C)c2cc(-c4ccc(-c5nc(-c6ccccc6)nc(-c6ccccc6)n5)c5ccccc45)ccc2-3)cc1. The minimum Gasteiger partial charge on any atom is -0.238 e. The summed E-state index contributed by atoms with van der Waals surface area (Å²) in [5, 5.41) is 2.24. The molecule has 1 aromatic heterocycles. The predicted molar refractivity (Wildman–Crippen MR) is 208 cm³/mol. The average molecular weight is 653 g/mol. The van der Waals surface area contributed by atoms with Gasteiger partial charge in [0, 0.05) is 22.1 Å². The van der Waals surface area contributed by atoms with Crippen LogP contribution in [-0.2, 0) is 5.41 Å². The van der Waals surface area contributed by atoms with Gasteiger partial charge in [0.05, 0.1) is 6.57 Å². The zero-order chi connectivity index (χ0) is 34.5. The van der Waals surface area contributed by atoms with E-state index in [1.807, 2.05) is 84.9 Å². The summed E-state index contributed by atoms with van der Waals surface area (Å²) >= 11 is 0. The third kappa shape index (κ3) is 5.19. The highest BCUT2D eigenvalue weighted by Gasteiger charge is 2.36.